The van der Waals surface area contributed by atoms with Crippen molar-refractivity contribution in [2.75, 3.05) is 26.9 Å². The van der Waals surface area contributed by atoms with E-state index in [0.29, 0.717) is 29.8 Å². The summed E-state index contributed by atoms with van der Waals surface area (Å²) >= 11 is 1.38. The van der Waals surface area contributed by atoms with Gasteiger partial charge in [-0.1, -0.05) is 48.5 Å². The Bertz CT molecular complexity index is 1140. The lowest BCUT2D eigenvalue weighted by Crippen LogP contribution is -2.32. The lowest BCUT2D eigenvalue weighted by molar-refractivity contribution is -0.122. The molecule has 3 aromatic carbocycles. The number of benzene rings is 3. The summed E-state index contributed by atoms with van der Waals surface area (Å²) in [4.78, 5) is 20.3. The lowest BCUT2D eigenvalue weighted by Gasteiger charge is -2.15. The molecule has 0 atom stereocenters. The first-order valence-corrected chi connectivity index (χ1v) is 11.0. The van der Waals surface area contributed by atoms with Crippen LogP contribution in [0.4, 0.5) is 5.69 Å². The van der Waals surface area contributed by atoms with Crippen molar-refractivity contribution in [2.24, 2.45) is 4.99 Å². The van der Waals surface area contributed by atoms with Gasteiger partial charge in [-0.15, -0.1) is 0 Å². The fourth-order valence-electron chi connectivity index (χ4n) is 3.44. The van der Waals surface area contributed by atoms with Crippen molar-refractivity contribution < 1.29 is 14.3 Å². The summed E-state index contributed by atoms with van der Waals surface area (Å²) in [6, 6.07) is 21.7. The van der Waals surface area contributed by atoms with Crippen LogP contribution in [0.15, 0.2) is 76.6 Å². The second-order valence-electron chi connectivity index (χ2n) is 6.90. The number of hydrogen-bond acceptors (Lipinski definition) is 5. The fourth-order valence-corrected chi connectivity index (χ4v) is 4.44. The number of rotatable bonds is 7. The van der Waals surface area contributed by atoms with Crippen LogP contribution in [0.5, 0.6) is 5.75 Å². The number of carbonyl (C=O) groups is 1. The van der Waals surface area contributed by atoms with Crippen molar-refractivity contribution in [2.45, 2.75) is 6.92 Å². The van der Waals surface area contributed by atoms with E-state index in [-0.39, 0.29) is 5.91 Å². The average molecular weight is 433 g/mol. The molecule has 1 heterocycles. The molecule has 1 saturated heterocycles. The molecule has 0 bridgehead atoms. The van der Waals surface area contributed by atoms with E-state index < -0.39 is 0 Å². The molecule has 0 saturated carbocycles. The Morgan fingerprint density at radius 2 is 1.81 bits per heavy atom. The number of fused-ring (bicyclic) bond motifs is 1. The molecule has 0 spiro atoms. The fraction of sp³-hybridized carbons (Fsp3) is 0.200. The van der Waals surface area contributed by atoms with Crippen LogP contribution >= 0.6 is 11.8 Å². The van der Waals surface area contributed by atoms with Gasteiger partial charge in [0.15, 0.2) is 5.17 Å². The summed E-state index contributed by atoms with van der Waals surface area (Å²) in [5.74, 6) is 0.656. The predicted molar refractivity (Wildman–Crippen MR) is 128 cm³/mol. The lowest BCUT2D eigenvalue weighted by atomic mass is 10.0. The Morgan fingerprint density at radius 3 is 2.58 bits per heavy atom. The standard InChI is InChI=1S/C25H24N2O3S/c1-3-30-16-15-27-24(28)23(31-25(27)26-19-10-5-4-6-11-19)17-21-20-12-8-7-9-18(20)13-14-22(21)29-2/h4-14,17H,3,15-16H2,1-2H3. The molecule has 158 valence electrons. The summed E-state index contributed by atoms with van der Waals surface area (Å²) in [5.41, 5.74) is 1.70. The zero-order valence-corrected chi connectivity index (χ0v) is 18.4. The minimum atomic E-state index is -0.0747. The molecular weight excluding hydrogens is 408 g/mol. The first kappa shape index (κ1) is 21.2. The topological polar surface area (TPSA) is 51.1 Å². The van der Waals surface area contributed by atoms with E-state index in [1.54, 1.807) is 12.0 Å². The van der Waals surface area contributed by atoms with E-state index in [0.717, 1.165) is 27.8 Å². The van der Waals surface area contributed by atoms with Gasteiger partial charge in [0.1, 0.15) is 5.75 Å². The average Bonchev–Trinajstić information content (AvgIpc) is 3.09. The molecule has 6 heteroatoms. The van der Waals surface area contributed by atoms with Crippen molar-refractivity contribution in [1.29, 1.82) is 0 Å². The van der Waals surface area contributed by atoms with Crippen molar-refractivity contribution in [3.8, 4) is 5.75 Å². The quantitative estimate of drug-likeness (QED) is 0.366. The maximum Gasteiger partial charge on any atom is 0.266 e. The Labute approximate surface area is 186 Å². The molecule has 0 aromatic heterocycles. The van der Waals surface area contributed by atoms with Crippen LogP contribution in [-0.2, 0) is 9.53 Å². The summed E-state index contributed by atoms with van der Waals surface area (Å²) in [5, 5.41) is 2.79. The van der Waals surface area contributed by atoms with Crippen LogP contribution in [0.3, 0.4) is 0 Å². The third kappa shape index (κ3) is 4.65. The Balaban J connectivity index is 1.75. The number of thioether (sulfide) groups is 1. The molecule has 31 heavy (non-hydrogen) atoms. The van der Waals surface area contributed by atoms with E-state index in [1.165, 1.54) is 11.8 Å². The maximum absolute atomic E-state index is 13.3. The number of aliphatic imine (C=N–C) groups is 1. The first-order chi connectivity index (χ1) is 15.2. The van der Waals surface area contributed by atoms with Gasteiger partial charge in [-0.3, -0.25) is 9.69 Å². The second-order valence-corrected chi connectivity index (χ2v) is 7.91. The van der Waals surface area contributed by atoms with Crippen LogP contribution in [0.2, 0.25) is 0 Å². The largest absolute Gasteiger partial charge is 0.496 e. The van der Waals surface area contributed by atoms with Gasteiger partial charge >= 0.3 is 0 Å². The van der Waals surface area contributed by atoms with Crippen LogP contribution in [-0.4, -0.2) is 42.8 Å². The molecular formula is C25H24N2O3S. The monoisotopic (exact) mass is 432 g/mol. The summed E-state index contributed by atoms with van der Waals surface area (Å²) in [6.45, 7) is 3.46. The molecule has 3 aromatic rings. The number of carbonyl (C=O) groups excluding carboxylic acids is 1. The van der Waals surface area contributed by atoms with Gasteiger partial charge in [0.05, 0.1) is 30.9 Å². The van der Waals surface area contributed by atoms with Crippen LogP contribution in [0.1, 0.15) is 12.5 Å². The molecule has 0 aliphatic carbocycles. The molecule has 4 rings (SSSR count). The summed E-state index contributed by atoms with van der Waals surface area (Å²) in [6.07, 6.45) is 1.91. The number of nitrogens with zero attached hydrogens (tertiary/aromatic N) is 2. The number of methoxy groups -OCH3 is 1. The van der Waals surface area contributed by atoms with E-state index >= 15 is 0 Å². The van der Waals surface area contributed by atoms with Gasteiger partial charge < -0.3 is 9.47 Å². The van der Waals surface area contributed by atoms with E-state index in [4.69, 9.17) is 14.5 Å². The van der Waals surface area contributed by atoms with Gasteiger partial charge in [0.2, 0.25) is 0 Å². The van der Waals surface area contributed by atoms with Crippen molar-refractivity contribution in [3.05, 3.63) is 77.2 Å². The zero-order valence-electron chi connectivity index (χ0n) is 17.6. The van der Waals surface area contributed by atoms with Crippen molar-refractivity contribution in [1.82, 2.24) is 4.90 Å². The highest BCUT2D eigenvalue weighted by atomic mass is 32.2. The van der Waals surface area contributed by atoms with Gasteiger partial charge in [-0.05, 0) is 53.7 Å². The highest BCUT2D eigenvalue weighted by Gasteiger charge is 2.33. The van der Waals surface area contributed by atoms with E-state index in [9.17, 15) is 4.79 Å². The third-order valence-corrected chi connectivity index (χ3v) is 5.97. The third-order valence-electron chi connectivity index (χ3n) is 4.96. The van der Waals surface area contributed by atoms with Crippen LogP contribution in [0, 0.1) is 0 Å². The van der Waals surface area contributed by atoms with Crippen LogP contribution in [0.25, 0.3) is 16.8 Å². The molecule has 1 aliphatic heterocycles. The molecule has 0 unspecified atom stereocenters. The predicted octanol–water partition coefficient (Wildman–Crippen LogP) is 5.49. The van der Waals surface area contributed by atoms with Crippen molar-refractivity contribution in [3.63, 3.8) is 0 Å². The number of amides is 1. The highest BCUT2D eigenvalue weighted by molar-refractivity contribution is 8.18. The van der Waals surface area contributed by atoms with Crippen molar-refractivity contribution >= 4 is 45.4 Å². The van der Waals surface area contributed by atoms with E-state index in [2.05, 4.69) is 6.07 Å². The maximum atomic E-state index is 13.3. The van der Waals surface area contributed by atoms with Gasteiger partial charge in [-0.25, -0.2) is 4.99 Å². The summed E-state index contributed by atoms with van der Waals surface area (Å²) in [7, 11) is 1.65. The molecule has 0 N–H and O–H groups in total. The minimum absolute atomic E-state index is 0.0747. The van der Waals surface area contributed by atoms with Crippen LogP contribution < -0.4 is 4.74 Å². The molecule has 0 radical (unpaired) electrons. The highest BCUT2D eigenvalue weighted by Crippen LogP contribution is 2.37. The number of amidine groups is 1. The van der Waals surface area contributed by atoms with E-state index in [1.807, 2.05) is 73.7 Å². The number of ether oxygens (including phenoxy) is 2. The summed E-state index contributed by atoms with van der Waals surface area (Å²) < 4.78 is 11.1. The number of para-hydroxylation sites is 1. The Hall–Kier alpha value is -3.09. The Kier molecular flexibility index (Phi) is 6.70. The smallest absolute Gasteiger partial charge is 0.266 e. The minimum Gasteiger partial charge on any atom is -0.496 e. The number of hydrogen-bond donors (Lipinski definition) is 0. The molecule has 1 fully saturated rings. The van der Waals surface area contributed by atoms with Gasteiger partial charge in [-0.2, -0.15) is 0 Å². The molecule has 5 nitrogen and oxygen atoms in total. The second kappa shape index (κ2) is 9.81. The Morgan fingerprint density at radius 1 is 1.03 bits per heavy atom. The zero-order chi connectivity index (χ0) is 21.6. The van der Waals surface area contributed by atoms with Gasteiger partial charge in [0.25, 0.3) is 5.91 Å². The normalized spacial score (nSPS) is 16.6. The van der Waals surface area contributed by atoms with Gasteiger partial charge in [0, 0.05) is 12.2 Å². The SMILES string of the molecule is CCOCCN1C(=O)C(=Cc2c(OC)ccc3ccccc23)SC1=Nc1ccccc1. The molecule has 1 amide bonds. The first-order valence-electron chi connectivity index (χ1n) is 10.2. The molecule has 1 aliphatic rings.